The smallest absolute Gasteiger partial charge is 0.204 e. The lowest BCUT2D eigenvalue weighted by atomic mass is 10.2. The highest BCUT2D eigenvalue weighted by atomic mass is 32.2. The molecule has 2 N–H and O–H groups in total. The zero-order valence-electron chi connectivity index (χ0n) is 24.6. The predicted molar refractivity (Wildman–Crippen MR) is 160 cm³/mol. The molecule has 0 fully saturated rings. The van der Waals surface area contributed by atoms with E-state index in [4.69, 9.17) is 18.9 Å². The van der Waals surface area contributed by atoms with Crippen LogP contribution < -0.4 is 18.9 Å². The minimum atomic E-state index is 0.0723. The Hall–Kier alpha value is -2.41. The largest absolute Gasteiger partial charge is 0.504 e. The standard InChI is InChI=1S/C32H50O6S/c1-5-9-13-21-35-29-25(33)17-19-27(31(29)37-23-15-11-7-3)39-28-20-18-26(34)30(36-22-14-10-6-2)32(28)38-24-16-12-8-4/h17-20,33-34H,5-16,21-24H2,1-4H3. The zero-order chi connectivity index (χ0) is 28.3. The van der Waals surface area contributed by atoms with Gasteiger partial charge in [0.2, 0.25) is 11.5 Å². The zero-order valence-corrected chi connectivity index (χ0v) is 25.4. The number of phenols is 2. The molecule has 0 radical (unpaired) electrons. The van der Waals surface area contributed by atoms with Crippen LogP contribution in [-0.2, 0) is 0 Å². The Labute approximate surface area is 240 Å². The van der Waals surface area contributed by atoms with Gasteiger partial charge in [0, 0.05) is 0 Å². The molecule has 220 valence electrons. The van der Waals surface area contributed by atoms with Crippen molar-refractivity contribution < 1.29 is 29.2 Å². The number of unbranched alkanes of at least 4 members (excludes halogenated alkanes) is 8. The van der Waals surface area contributed by atoms with Gasteiger partial charge in [0.05, 0.1) is 36.2 Å². The molecule has 0 unspecified atom stereocenters. The van der Waals surface area contributed by atoms with E-state index in [1.165, 1.54) is 11.8 Å². The van der Waals surface area contributed by atoms with E-state index in [-0.39, 0.29) is 11.5 Å². The molecule has 6 nitrogen and oxygen atoms in total. The van der Waals surface area contributed by atoms with Gasteiger partial charge in [-0.1, -0.05) is 90.8 Å². The van der Waals surface area contributed by atoms with Crippen molar-refractivity contribution in [3.05, 3.63) is 24.3 Å². The minimum absolute atomic E-state index is 0.0723. The SMILES string of the molecule is CCCCCOc1c(O)ccc(Sc2ccc(O)c(OCCCCC)c2OCCCCC)c1OCCCCC. The van der Waals surface area contributed by atoms with Crippen LogP contribution in [-0.4, -0.2) is 36.6 Å². The summed E-state index contributed by atoms with van der Waals surface area (Å²) < 4.78 is 24.6. The van der Waals surface area contributed by atoms with Crippen molar-refractivity contribution >= 4 is 11.8 Å². The topological polar surface area (TPSA) is 77.4 Å². The van der Waals surface area contributed by atoms with Gasteiger partial charge in [0.25, 0.3) is 0 Å². The molecule has 7 heteroatoms. The highest BCUT2D eigenvalue weighted by molar-refractivity contribution is 7.99. The number of benzene rings is 2. The maximum Gasteiger partial charge on any atom is 0.204 e. The van der Waals surface area contributed by atoms with Gasteiger partial charge in [-0.25, -0.2) is 0 Å². The Balaban J connectivity index is 2.42. The molecule has 0 aromatic heterocycles. The van der Waals surface area contributed by atoms with Crippen molar-refractivity contribution in [3.63, 3.8) is 0 Å². The summed E-state index contributed by atoms with van der Waals surface area (Å²) in [7, 11) is 0. The van der Waals surface area contributed by atoms with Gasteiger partial charge in [0.1, 0.15) is 0 Å². The molecule has 0 bridgehead atoms. The van der Waals surface area contributed by atoms with E-state index in [1.807, 2.05) is 12.1 Å². The quantitative estimate of drug-likeness (QED) is 0.138. The third-order valence-electron chi connectivity index (χ3n) is 6.31. The van der Waals surface area contributed by atoms with E-state index in [0.717, 1.165) is 86.8 Å². The average molecular weight is 563 g/mol. The van der Waals surface area contributed by atoms with Gasteiger partial charge in [-0.2, -0.15) is 0 Å². The Morgan fingerprint density at radius 2 is 0.769 bits per heavy atom. The first-order chi connectivity index (χ1) is 19.1. The van der Waals surface area contributed by atoms with Crippen LogP contribution in [0.15, 0.2) is 34.1 Å². The van der Waals surface area contributed by atoms with E-state index >= 15 is 0 Å². The molecule has 0 spiro atoms. The van der Waals surface area contributed by atoms with Crippen LogP contribution in [0.5, 0.6) is 34.5 Å². The van der Waals surface area contributed by atoms with Crippen LogP contribution in [0, 0.1) is 0 Å². The first kappa shape index (κ1) is 32.8. The van der Waals surface area contributed by atoms with Crippen LogP contribution in [0.2, 0.25) is 0 Å². The Kier molecular flexibility index (Phi) is 16.5. The Bertz CT molecular complexity index is 873. The molecule has 2 rings (SSSR count). The Morgan fingerprint density at radius 3 is 1.08 bits per heavy atom. The highest BCUT2D eigenvalue weighted by Gasteiger charge is 2.22. The molecule has 0 aliphatic carbocycles. The molecule has 0 atom stereocenters. The second-order valence-corrected chi connectivity index (χ2v) is 10.9. The maximum atomic E-state index is 10.7. The summed E-state index contributed by atoms with van der Waals surface area (Å²) >= 11 is 1.47. The molecular formula is C32H50O6S. The summed E-state index contributed by atoms with van der Waals surface area (Å²) in [5.74, 6) is 2.00. The highest BCUT2D eigenvalue weighted by Crippen LogP contribution is 2.51. The van der Waals surface area contributed by atoms with E-state index in [2.05, 4.69) is 27.7 Å². The lowest BCUT2D eigenvalue weighted by molar-refractivity contribution is 0.244. The van der Waals surface area contributed by atoms with Crippen molar-refractivity contribution in [2.45, 2.75) is 115 Å². The van der Waals surface area contributed by atoms with Crippen LogP contribution in [0.4, 0.5) is 0 Å². The van der Waals surface area contributed by atoms with E-state index in [1.54, 1.807) is 12.1 Å². The van der Waals surface area contributed by atoms with Crippen LogP contribution in [0.25, 0.3) is 0 Å². The third-order valence-corrected chi connectivity index (χ3v) is 7.39. The van der Waals surface area contributed by atoms with Gasteiger partial charge in [-0.05, 0) is 49.9 Å². The summed E-state index contributed by atoms with van der Waals surface area (Å²) in [6.07, 6.45) is 12.3. The number of hydrogen-bond acceptors (Lipinski definition) is 7. The fraction of sp³-hybridized carbons (Fsp3) is 0.625. The molecule has 0 aliphatic heterocycles. The normalized spacial score (nSPS) is 11.0. The average Bonchev–Trinajstić information content (AvgIpc) is 2.93. The van der Waals surface area contributed by atoms with Crippen molar-refractivity contribution in [1.29, 1.82) is 0 Å². The lowest BCUT2D eigenvalue weighted by Gasteiger charge is -2.20. The monoisotopic (exact) mass is 562 g/mol. The first-order valence-electron chi connectivity index (χ1n) is 15.0. The fourth-order valence-corrected chi connectivity index (χ4v) is 5.00. The first-order valence-corrected chi connectivity index (χ1v) is 15.8. The summed E-state index contributed by atoms with van der Waals surface area (Å²) in [6.45, 7) is 10.7. The van der Waals surface area contributed by atoms with Crippen LogP contribution in [0.1, 0.15) is 105 Å². The lowest BCUT2D eigenvalue weighted by Crippen LogP contribution is -2.05. The summed E-state index contributed by atoms with van der Waals surface area (Å²) in [5, 5.41) is 21.4. The van der Waals surface area contributed by atoms with Gasteiger partial charge in [-0.3, -0.25) is 0 Å². The molecule has 2 aromatic rings. The fourth-order valence-electron chi connectivity index (χ4n) is 4.01. The predicted octanol–water partition coefficient (Wildman–Crippen LogP) is 9.52. The molecule has 0 heterocycles. The van der Waals surface area contributed by atoms with Gasteiger partial charge >= 0.3 is 0 Å². The molecule has 0 amide bonds. The maximum absolute atomic E-state index is 10.7. The molecule has 0 saturated heterocycles. The summed E-state index contributed by atoms with van der Waals surface area (Å²) in [5.41, 5.74) is 0. The van der Waals surface area contributed by atoms with Crippen LogP contribution in [0.3, 0.4) is 0 Å². The van der Waals surface area contributed by atoms with Gasteiger partial charge < -0.3 is 29.2 Å². The number of phenolic OH excluding ortho intramolecular Hbond substituents is 2. The van der Waals surface area contributed by atoms with Gasteiger partial charge in [0.15, 0.2) is 23.0 Å². The molecule has 39 heavy (non-hydrogen) atoms. The number of rotatable bonds is 22. The van der Waals surface area contributed by atoms with Crippen molar-refractivity contribution in [2.75, 3.05) is 26.4 Å². The number of ether oxygens (including phenoxy) is 4. The van der Waals surface area contributed by atoms with Crippen molar-refractivity contribution in [3.8, 4) is 34.5 Å². The molecule has 0 aliphatic rings. The summed E-state index contributed by atoms with van der Waals surface area (Å²) in [4.78, 5) is 1.63. The van der Waals surface area contributed by atoms with E-state index in [9.17, 15) is 10.2 Å². The molecule has 0 saturated carbocycles. The third kappa shape index (κ3) is 11.3. The van der Waals surface area contributed by atoms with Gasteiger partial charge in [-0.15, -0.1) is 0 Å². The second kappa shape index (κ2) is 19.6. The number of aromatic hydroxyl groups is 2. The molecular weight excluding hydrogens is 512 g/mol. The molecule has 2 aromatic carbocycles. The second-order valence-electron chi connectivity index (χ2n) is 9.81. The minimum Gasteiger partial charge on any atom is -0.504 e. The van der Waals surface area contributed by atoms with Crippen LogP contribution >= 0.6 is 11.8 Å². The Morgan fingerprint density at radius 1 is 0.462 bits per heavy atom. The number of hydrogen-bond donors (Lipinski definition) is 2. The van der Waals surface area contributed by atoms with Crippen molar-refractivity contribution in [2.24, 2.45) is 0 Å². The summed E-state index contributed by atoms with van der Waals surface area (Å²) in [6, 6.07) is 7.01. The van der Waals surface area contributed by atoms with E-state index < -0.39 is 0 Å². The van der Waals surface area contributed by atoms with E-state index in [0.29, 0.717) is 49.4 Å². The van der Waals surface area contributed by atoms with Crippen molar-refractivity contribution in [1.82, 2.24) is 0 Å².